The minimum atomic E-state index is -4.53. The molecule has 0 aliphatic rings. The Morgan fingerprint density at radius 1 is 0.540 bits per heavy atom. The molecule has 2 aromatic rings. The van der Waals surface area contributed by atoms with Crippen molar-refractivity contribution in [2.75, 3.05) is 49.4 Å². The highest BCUT2D eigenvalue weighted by molar-refractivity contribution is 7.94. The Balaban J connectivity index is 2.37. The summed E-state index contributed by atoms with van der Waals surface area (Å²) in [6, 6.07) is 8.36. The normalized spacial score (nSPS) is 15.0. The van der Waals surface area contributed by atoms with Crippen LogP contribution in [0.5, 0.6) is 23.0 Å². The maximum absolute atomic E-state index is 11.1. The van der Waals surface area contributed by atoms with Gasteiger partial charge >= 0.3 is 0 Å². The number of hydrogen-bond donors (Lipinski definition) is 8. The van der Waals surface area contributed by atoms with E-state index in [0.717, 1.165) is 0 Å². The van der Waals surface area contributed by atoms with Crippen LogP contribution in [0.25, 0.3) is 12.2 Å². The van der Waals surface area contributed by atoms with E-state index >= 15 is 0 Å². The zero-order valence-corrected chi connectivity index (χ0v) is 29.0. The lowest BCUT2D eigenvalue weighted by Gasteiger charge is -2.15. The average Bonchev–Trinajstić information content (AvgIpc) is 2.97. The monoisotopic (exact) mass is 796 g/mol. The smallest absolute Gasteiger partial charge is 0.267 e. The summed E-state index contributed by atoms with van der Waals surface area (Å²) in [7, 11) is -13.6. The van der Waals surface area contributed by atoms with Gasteiger partial charge in [0.05, 0.1) is 11.9 Å². The molecular formula is C26H36O20S4. The van der Waals surface area contributed by atoms with Crippen LogP contribution in [0.2, 0.25) is 0 Å². The molecule has 4 atom stereocenters. The van der Waals surface area contributed by atoms with E-state index in [4.69, 9.17) is 37.9 Å². The van der Waals surface area contributed by atoms with Crippen molar-refractivity contribution < 1.29 is 92.9 Å². The summed E-state index contributed by atoms with van der Waals surface area (Å²) in [5.41, 5.74) is 0.686. The lowest BCUT2D eigenvalue weighted by Crippen LogP contribution is -2.27. The molecule has 4 unspecified atom stereocenters. The van der Waals surface area contributed by atoms with Gasteiger partial charge in [-0.3, -0.25) is 13.7 Å². The molecule has 0 fully saturated rings. The maximum atomic E-state index is 11.1. The van der Waals surface area contributed by atoms with Crippen LogP contribution >= 0.6 is 12.0 Å². The number of hydrogen-bond acceptors (Lipinski definition) is 18. The second-order valence-electron chi connectivity index (χ2n) is 10.3. The van der Waals surface area contributed by atoms with E-state index in [0.29, 0.717) is 23.2 Å². The minimum absolute atomic E-state index is 0.00262. The molecule has 284 valence electrons. The molecule has 0 radical (unpaired) electrons. The van der Waals surface area contributed by atoms with Gasteiger partial charge in [0.1, 0.15) is 85.0 Å². The van der Waals surface area contributed by atoms with Crippen molar-refractivity contribution in [1.29, 1.82) is 0 Å². The van der Waals surface area contributed by atoms with Gasteiger partial charge in [0.25, 0.3) is 30.4 Å². The Bertz CT molecular complexity index is 1650. The number of benzene rings is 2. The van der Waals surface area contributed by atoms with Gasteiger partial charge in [-0.25, -0.2) is 5.26 Å². The summed E-state index contributed by atoms with van der Waals surface area (Å²) in [4.78, 5) is 0. The van der Waals surface area contributed by atoms with Gasteiger partial charge in [-0.1, -0.05) is 17.2 Å². The molecule has 20 nitrogen and oxygen atoms in total. The Morgan fingerprint density at radius 3 is 1.12 bits per heavy atom. The number of aliphatic hydroxyl groups excluding tert-OH is 4. The van der Waals surface area contributed by atoms with Gasteiger partial charge in [-0.05, 0) is 35.4 Å². The molecule has 2 rings (SSSR count). The van der Waals surface area contributed by atoms with Crippen molar-refractivity contribution in [3.8, 4) is 23.0 Å². The maximum Gasteiger partial charge on any atom is 0.267 e. The molecule has 2 aromatic carbocycles. The standard InChI is InChI=1S/C26H36O20S4/c27-19(13-47-46-45-31)9-41-23-3-17(4-24(7-23)42-10-20(28)14-48(32,33)34)1-2-18-5-25(43-11-21(29)15-49(35,36)37)8-26(6-18)44-12-22(30)16-50(38,39)40/h1-8,19-22,27-31H,9-16H2,(H,32,33,34)(H,35,36,37)(H,38,39,40)/b2-1+. The molecule has 24 heteroatoms. The highest BCUT2D eigenvalue weighted by Crippen LogP contribution is 2.28. The summed E-state index contributed by atoms with van der Waals surface area (Å²) >= 11 is 0.582. The van der Waals surface area contributed by atoms with Crippen molar-refractivity contribution in [3.63, 3.8) is 0 Å². The first-order valence-electron chi connectivity index (χ1n) is 13.9. The molecule has 0 amide bonds. The SMILES string of the molecule is O=S(=O)(O)CC(O)COc1cc(/C=C/c2cc(OCC(O)CS(=O)(=O)O)cc(OCC(O)CS(=O)(=O)O)c2)cc(OCC(O)CSOOO)c1. The third-order valence-corrected chi connectivity index (χ3v) is 8.69. The summed E-state index contributed by atoms with van der Waals surface area (Å²) < 4.78 is 119. The second-order valence-corrected chi connectivity index (χ2v) is 15.5. The topological polar surface area (TPSA) is 320 Å². The van der Waals surface area contributed by atoms with Crippen LogP contribution in [0, 0.1) is 0 Å². The van der Waals surface area contributed by atoms with E-state index in [-0.39, 0.29) is 35.4 Å². The molecule has 0 spiro atoms. The first kappa shape index (κ1) is 43.3. The third-order valence-electron chi connectivity index (χ3n) is 5.59. The van der Waals surface area contributed by atoms with Crippen molar-refractivity contribution in [1.82, 2.24) is 0 Å². The predicted molar refractivity (Wildman–Crippen MR) is 174 cm³/mol. The predicted octanol–water partition coefficient (Wildman–Crippen LogP) is -0.451. The highest BCUT2D eigenvalue weighted by Gasteiger charge is 2.18. The molecule has 0 saturated carbocycles. The zero-order chi connectivity index (χ0) is 37.5. The first-order chi connectivity index (χ1) is 23.2. The van der Waals surface area contributed by atoms with Gasteiger partial charge in [0, 0.05) is 24.2 Å². The summed E-state index contributed by atoms with van der Waals surface area (Å²) in [6.07, 6.45) is -2.99. The minimum Gasteiger partial charge on any atom is -0.491 e. The summed E-state index contributed by atoms with van der Waals surface area (Å²) in [6.45, 7) is -2.03. The van der Waals surface area contributed by atoms with Crippen molar-refractivity contribution in [2.45, 2.75) is 24.4 Å². The Labute approximate surface area is 291 Å². The number of aliphatic hydroxyl groups is 4. The molecule has 0 aliphatic heterocycles. The second kappa shape index (κ2) is 20.3. The van der Waals surface area contributed by atoms with E-state index in [1.165, 1.54) is 48.6 Å². The van der Waals surface area contributed by atoms with Crippen LogP contribution in [0.1, 0.15) is 11.1 Å². The molecule has 8 N–H and O–H groups in total. The van der Waals surface area contributed by atoms with Crippen LogP contribution in [0.15, 0.2) is 36.4 Å². The number of ether oxygens (including phenoxy) is 4. The molecular weight excluding hydrogens is 761 g/mol. The van der Waals surface area contributed by atoms with E-state index in [9.17, 15) is 45.7 Å². The fraction of sp³-hybridized carbons (Fsp3) is 0.462. The van der Waals surface area contributed by atoms with E-state index in [2.05, 4.69) is 9.37 Å². The van der Waals surface area contributed by atoms with Crippen LogP contribution in [-0.2, 0) is 39.7 Å². The zero-order valence-electron chi connectivity index (χ0n) is 25.7. The van der Waals surface area contributed by atoms with Crippen LogP contribution in [0.3, 0.4) is 0 Å². The van der Waals surface area contributed by atoms with Gasteiger partial charge in [-0.2, -0.15) is 25.3 Å². The molecule has 50 heavy (non-hydrogen) atoms. The first-order valence-corrected chi connectivity index (χ1v) is 19.6. The quantitative estimate of drug-likeness (QED) is 0.0166. The molecule has 0 saturated heterocycles. The molecule has 0 aliphatic carbocycles. The van der Waals surface area contributed by atoms with Crippen molar-refractivity contribution in [3.05, 3.63) is 47.5 Å². The highest BCUT2D eigenvalue weighted by atomic mass is 32.2. The lowest BCUT2D eigenvalue weighted by molar-refractivity contribution is -0.432. The fourth-order valence-corrected chi connectivity index (χ4v) is 5.82. The molecule has 0 aromatic heterocycles. The average molecular weight is 797 g/mol. The number of rotatable bonds is 24. The van der Waals surface area contributed by atoms with Crippen LogP contribution < -0.4 is 18.9 Å². The van der Waals surface area contributed by atoms with Gasteiger partial charge in [-0.15, -0.1) is 4.33 Å². The van der Waals surface area contributed by atoms with Crippen LogP contribution in [-0.4, -0.2) is 138 Å². The Kier molecular flexibility index (Phi) is 17.6. The van der Waals surface area contributed by atoms with Crippen molar-refractivity contribution in [2.24, 2.45) is 0 Å². The van der Waals surface area contributed by atoms with Gasteiger partial charge in [0.15, 0.2) is 0 Å². The summed E-state index contributed by atoms with van der Waals surface area (Å²) in [5.74, 6) is -2.94. The van der Waals surface area contributed by atoms with Crippen LogP contribution in [0.4, 0.5) is 0 Å². The molecule has 0 heterocycles. The van der Waals surface area contributed by atoms with E-state index in [1.54, 1.807) is 0 Å². The van der Waals surface area contributed by atoms with E-state index < -0.39 is 91.8 Å². The molecule has 0 bridgehead atoms. The van der Waals surface area contributed by atoms with E-state index in [1.807, 2.05) is 0 Å². The largest absolute Gasteiger partial charge is 0.491 e. The van der Waals surface area contributed by atoms with Gasteiger partial charge < -0.3 is 39.4 Å². The van der Waals surface area contributed by atoms with Crippen molar-refractivity contribution >= 4 is 54.5 Å². The summed E-state index contributed by atoms with van der Waals surface area (Å²) in [5, 5.41) is 51.4. The fourth-order valence-electron chi connectivity index (χ4n) is 3.73. The Morgan fingerprint density at radius 2 is 0.840 bits per heavy atom. The Hall–Kier alpha value is -2.82. The van der Waals surface area contributed by atoms with Gasteiger partial charge in [0.2, 0.25) is 0 Å². The lowest BCUT2D eigenvalue weighted by atomic mass is 10.1. The third kappa shape index (κ3) is 20.1.